The first-order valence-electron chi connectivity index (χ1n) is 8.03. The smallest absolute Gasteiger partial charge is 0.0607 e. The molecule has 0 unspecified atom stereocenters. The van der Waals surface area contributed by atoms with Crippen molar-refractivity contribution in [3.05, 3.63) is 58.6 Å². The summed E-state index contributed by atoms with van der Waals surface area (Å²) in [5, 5.41) is 29.1. The van der Waals surface area contributed by atoms with Crippen LogP contribution in [0.4, 0.5) is 0 Å². The van der Waals surface area contributed by atoms with Crippen LogP contribution in [0, 0.1) is 0 Å². The van der Waals surface area contributed by atoms with Gasteiger partial charge in [-0.3, -0.25) is 0 Å². The summed E-state index contributed by atoms with van der Waals surface area (Å²) in [5.41, 5.74) is 1.17. The van der Waals surface area contributed by atoms with Crippen LogP contribution in [-0.4, -0.2) is 29.5 Å². The predicted molar refractivity (Wildman–Crippen MR) is 103 cm³/mol. The van der Waals surface area contributed by atoms with E-state index >= 15 is 0 Å². The van der Waals surface area contributed by atoms with E-state index in [-0.39, 0.29) is 19.3 Å². The predicted octanol–water partition coefficient (Wildman–Crippen LogP) is 3.79. The molecule has 3 nitrogen and oxygen atoms in total. The van der Waals surface area contributed by atoms with E-state index < -0.39 is 0 Å². The molecule has 4 aromatic rings. The zero-order valence-electron chi connectivity index (χ0n) is 13.1. The number of benzene rings is 4. The van der Waals surface area contributed by atoms with E-state index in [1.54, 1.807) is 0 Å². The number of aliphatic hydroxyl groups excluding tert-OH is 2. The van der Waals surface area contributed by atoms with Gasteiger partial charge in [0.05, 0.1) is 19.3 Å². The van der Waals surface area contributed by atoms with Crippen molar-refractivity contribution in [1.82, 2.24) is 5.32 Å². The first-order valence-corrected chi connectivity index (χ1v) is 8.82. The molecule has 0 spiro atoms. The van der Waals surface area contributed by atoms with E-state index in [4.69, 9.17) is 0 Å². The molecule has 0 aliphatic carbocycles. The van der Waals surface area contributed by atoms with E-state index in [1.807, 2.05) is 0 Å². The first kappa shape index (κ1) is 15.8. The summed E-state index contributed by atoms with van der Waals surface area (Å²) < 4.78 is 1.11. The molecule has 122 valence electrons. The second kappa shape index (κ2) is 6.30. The Hall–Kier alpha value is -1.72. The van der Waals surface area contributed by atoms with Gasteiger partial charge in [-0.1, -0.05) is 58.4 Å². The molecule has 0 heterocycles. The summed E-state index contributed by atoms with van der Waals surface area (Å²) in [6, 6.07) is 16.9. The van der Waals surface area contributed by atoms with E-state index in [0.29, 0.717) is 6.54 Å². The number of hydrogen-bond acceptors (Lipinski definition) is 3. The molecule has 3 N–H and O–H groups in total. The SMILES string of the molecule is OCC(CO)NCc1ccc2ccc3ccc(Br)c4ccc1c2c34. The van der Waals surface area contributed by atoms with Gasteiger partial charge in [0.2, 0.25) is 0 Å². The molecule has 0 saturated heterocycles. The van der Waals surface area contributed by atoms with Gasteiger partial charge in [-0.15, -0.1) is 0 Å². The monoisotopic (exact) mass is 383 g/mol. The van der Waals surface area contributed by atoms with Crippen LogP contribution in [0.25, 0.3) is 32.3 Å². The molecule has 0 aromatic heterocycles. The number of rotatable bonds is 5. The van der Waals surface area contributed by atoms with Gasteiger partial charge in [0, 0.05) is 11.0 Å². The third kappa shape index (κ3) is 2.47. The zero-order chi connectivity index (χ0) is 16.7. The number of halogens is 1. The zero-order valence-corrected chi connectivity index (χ0v) is 14.7. The van der Waals surface area contributed by atoms with Gasteiger partial charge < -0.3 is 15.5 Å². The van der Waals surface area contributed by atoms with Crippen LogP contribution < -0.4 is 5.32 Å². The van der Waals surface area contributed by atoms with E-state index in [2.05, 4.69) is 69.8 Å². The molecule has 0 bridgehead atoms. The van der Waals surface area contributed by atoms with Gasteiger partial charge in [0.1, 0.15) is 0 Å². The molecular weight excluding hydrogens is 366 g/mol. The highest BCUT2D eigenvalue weighted by atomic mass is 79.9. The highest BCUT2D eigenvalue weighted by molar-refractivity contribution is 9.10. The lowest BCUT2D eigenvalue weighted by Gasteiger charge is -2.17. The fourth-order valence-corrected chi connectivity index (χ4v) is 3.88. The Bertz CT molecular complexity index is 1010. The normalized spacial score (nSPS) is 12.2. The molecule has 0 fully saturated rings. The van der Waals surface area contributed by atoms with Crippen molar-refractivity contribution in [2.45, 2.75) is 12.6 Å². The lowest BCUT2D eigenvalue weighted by molar-refractivity contribution is 0.170. The average Bonchev–Trinajstić information content (AvgIpc) is 2.63. The Morgan fingerprint density at radius 2 is 1.38 bits per heavy atom. The first-order chi connectivity index (χ1) is 11.7. The van der Waals surface area contributed by atoms with Crippen LogP contribution in [-0.2, 0) is 6.54 Å². The standard InChI is InChI=1S/C20H18BrNO2/c21-18-8-5-13-2-1-12-3-4-14(9-22-15(10-23)11-24)16-6-7-17(18)20(13)19(12)16/h1-8,15,22-24H,9-11H2. The van der Waals surface area contributed by atoms with E-state index in [1.165, 1.54) is 37.9 Å². The third-order valence-electron chi connectivity index (χ3n) is 4.72. The quantitative estimate of drug-likeness (QED) is 0.459. The maximum Gasteiger partial charge on any atom is 0.0607 e. The van der Waals surface area contributed by atoms with Gasteiger partial charge in [-0.25, -0.2) is 0 Å². The van der Waals surface area contributed by atoms with Gasteiger partial charge in [0.25, 0.3) is 0 Å². The van der Waals surface area contributed by atoms with Crippen LogP contribution >= 0.6 is 15.9 Å². The highest BCUT2D eigenvalue weighted by Gasteiger charge is 2.13. The number of hydrogen-bond donors (Lipinski definition) is 3. The minimum atomic E-state index is -0.294. The molecular formula is C20H18BrNO2. The molecule has 0 aliphatic heterocycles. The third-order valence-corrected chi connectivity index (χ3v) is 5.42. The Labute approximate surface area is 148 Å². The van der Waals surface area contributed by atoms with Crippen molar-refractivity contribution in [3.63, 3.8) is 0 Å². The molecule has 24 heavy (non-hydrogen) atoms. The fourth-order valence-electron chi connectivity index (χ4n) is 3.42. The van der Waals surface area contributed by atoms with Crippen LogP contribution in [0.2, 0.25) is 0 Å². The van der Waals surface area contributed by atoms with Crippen LogP contribution in [0.3, 0.4) is 0 Å². The van der Waals surface area contributed by atoms with Gasteiger partial charge in [0.15, 0.2) is 0 Å². The van der Waals surface area contributed by atoms with Crippen molar-refractivity contribution in [1.29, 1.82) is 0 Å². The highest BCUT2D eigenvalue weighted by Crippen LogP contribution is 2.38. The second-order valence-corrected chi connectivity index (χ2v) is 6.99. The Morgan fingerprint density at radius 1 is 0.792 bits per heavy atom. The summed E-state index contributed by atoms with van der Waals surface area (Å²) in [7, 11) is 0. The lowest BCUT2D eigenvalue weighted by Crippen LogP contribution is -2.35. The Balaban J connectivity index is 1.92. The van der Waals surface area contributed by atoms with Gasteiger partial charge in [-0.2, -0.15) is 0 Å². The topological polar surface area (TPSA) is 52.5 Å². The molecule has 0 aliphatic rings. The maximum absolute atomic E-state index is 9.24. The summed E-state index contributed by atoms with van der Waals surface area (Å²) in [6.45, 7) is 0.464. The summed E-state index contributed by atoms with van der Waals surface area (Å²) in [6.07, 6.45) is 0. The Morgan fingerprint density at radius 3 is 2.08 bits per heavy atom. The van der Waals surface area contributed by atoms with E-state index in [9.17, 15) is 10.2 Å². The molecule has 4 aromatic carbocycles. The van der Waals surface area contributed by atoms with Gasteiger partial charge >= 0.3 is 0 Å². The van der Waals surface area contributed by atoms with Crippen molar-refractivity contribution in [3.8, 4) is 0 Å². The maximum atomic E-state index is 9.24. The number of aliphatic hydroxyl groups is 2. The van der Waals surface area contributed by atoms with E-state index in [0.717, 1.165) is 4.47 Å². The van der Waals surface area contributed by atoms with Crippen molar-refractivity contribution in [2.75, 3.05) is 13.2 Å². The Kier molecular flexibility index (Phi) is 4.14. The summed E-state index contributed by atoms with van der Waals surface area (Å²) >= 11 is 3.66. The minimum Gasteiger partial charge on any atom is -0.395 e. The van der Waals surface area contributed by atoms with Crippen LogP contribution in [0.15, 0.2) is 53.0 Å². The molecule has 0 atom stereocenters. The minimum absolute atomic E-state index is 0.0741. The largest absolute Gasteiger partial charge is 0.395 e. The molecule has 0 amide bonds. The number of nitrogens with one attached hydrogen (secondary N) is 1. The lowest BCUT2D eigenvalue weighted by atomic mass is 9.92. The average molecular weight is 384 g/mol. The van der Waals surface area contributed by atoms with Crippen LogP contribution in [0.1, 0.15) is 5.56 Å². The van der Waals surface area contributed by atoms with Crippen molar-refractivity contribution >= 4 is 48.2 Å². The fraction of sp³-hybridized carbons (Fsp3) is 0.200. The second-order valence-electron chi connectivity index (χ2n) is 6.14. The molecule has 0 radical (unpaired) electrons. The van der Waals surface area contributed by atoms with Crippen LogP contribution in [0.5, 0.6) is 0 Å². The molecule has 4 rings (SSSR count). The van der Waals surface area contributed by atoms with Gasteiger partial charge in [-0.05, 0) is 43.9 Å². The summed E-state index contributed by atoms with van der Waals surface area (Å²) in [4.78, 5) is 0. The van der Waals surface area contributed by atoms with Crippen molar-refractivity contribution in [2.24, 2.45) is 0 Å². The summed E-state index contributed by atoms with van der Waals surface area (Å²) in [5.74, 6) is 0. The molecule has 0 saturated carbocycles. The molecule has 4 heteroatoms. The van der Waals surface area contributed by atoms with Crippen molar-refractivity contribution < 1.29 is 10.2 Å².